The molecule has 19 heavy (non-hydrogen) atoms. The molecule has 0 aliphatic rings. The number of benzene rings is 1. The highest BCUT2D eigenvalue weighted by Gasteiger charge is 2.04. The maximum atomic E-state index is 6.04. The number of aryl methyl sites for hydroxylation is 1. The number of halogens is 2. The number of nitrogens with zero attached hydrogens (tertiary/aromatic N) is 1. The van der Waals surface area contributed by atoms with Crippen LogP contribution in [-0.2, 0) is 0 Å². The van der Waals surface area contributed by atoms with Gasteiger partial charge in [-0.05, 0) is 53.2 Å². The Bertz CT molecular complexity index is 646. The number of anilines is 2. The molecule has 0 saturated carbocycles. The summed E-state index contributed by atoms with van der Waals surface area (Å²) in [6.07, 6.45) is 0. The van der Waals surface area contributed by atoms with Crippen molar-refractivity contribution in [2.24, 2.45) is 5.73 Å². The lowest BCUT2D eigenvalue weighted by atomic mass is 10.2. The smallest absolute Gasteiger partial charge is 0.131 e. The van der Waals surface area contributed by atoms with Crippen LogP contribution in [0.4, 0.5) is 11.5 Å². The fraction of sp³-hybridized carbons (Fsp3) is 0.0769. The van der Waals surface area contributed by atoms with Gasteiger partial charge in [0.05, 0.1) is 5.02 Å². The van der Waals surface area contributed by atoms with Gasteiger partial charge < -0.3 is 11.1 Å². The van der Waals surface area contributed by atoms with Crippen LogP contribution >= 0.6 is 39.7 Å². The van der Waals surface area contributed by atoms with Crippen molar-refractivity contribution in [3.05, 3.63) is 51.1 Å². The van der Waals surface area contributed by atoms with E-state index in [2.05, 4.69) is 26.2 Å². The lowest BCUT2D eigenvalue weighted by Crippen LogP contribution is -2.10. The van der Waals surface area contributed by atoms with Crippen molar-refractivity contribution in [1.82, 2.24) is 4.98 Å². The summed E-state index contributed by atoms with van der Waals surface area (Å²) in [5.41, 5.74) is 8.11. The van der Waals surface area contributed by atoms with Crippen LogP contribution in [0.15, 0.2) is 34.8 Å². The molecule has 0 aliphatic heterocycles. The fourth-order valence-corrected chi connectivity index (χ4v) is 2.14. The van der Waals surface area contributed by atoms with E-state index < -0.39 is 0 Å². The van der Waals surface area contributed by atoms with Crippen LogP contribution in [0, 0.1) is 6.92 Å². The van der Waals surface area contributed by atoms with Gasteiger partial charge in [-0.3, -0.25) is 0 Å². The Kier molecular flexibility index (Phi) is 4.39. The van der Waals surface area contributed by atoms with Gasteiger partial charge in [0, 0.05) is 21.4 Å². The molecule has 0 bridgehead atoms. The predicted molar refractivity (Wildman–Crippen MR) is 87.3 cm³/mol. The number of hydrogen-bond acceptors (Lipinski definition) is 3. The summed E-state index contributed by atoms with van der Waals surface area (Å²) in [7, 11) is 0. The molecule has 1 aromatic carbocycles. The molecule has 3 nitrogen and oxygen atoms in total. The zero-order valence-corrected chi connectivity index (χ0v) is 13.2. The van der Waals surface area contributed by atoms with E-state index in [1.807, 2.05) is 37.3 Å². The standard InChI is InChI=1S/C13H11BrClN3S/c1-7-4-8(13(16)19)5-12(17-7)18-9-2-3-10(14)11(15)6-9/h2-6H,1H3,(H2,16,19)(H,17,18). The molecular formula is C13H11BrClN3S. The first-order valence-electron chi connectivity index (χ1n) is 5.46. The molecule has 0 unspecified atom stereocenters. The van der Waals surface area contributed by atoms with Gasteiger partial charge in [0.15, 0.2) is 0 Å². The van der Waals surface area contributed by atoms with E-state index in [0.717, 1.165) is 21.4 Å². The first kappa shape index (κ1) is 14.2. The molecule has 0 aliphatic carbocycles. The molecule has 0 fully saturated rings. The van der Waals surface area contributed by atoms with E-state index in [1.54, 1.807) is 0 Å². The predicted octanol–water partition coefficient (Wildman–Crippen LogP) is 4.18. The number of pyridine rings is 1. The molecule has 0 saturated heterocycles. The van der Waals surface area contributed by atoms with Crippen molar-refractivity contribution in [1.29, 1.82) is 0 Å². The van der Waals surface area contributed by atoms with E-state index in [0.29, 0.717) is 15.8 Å². The molecule has 0 radical (unpaired) electrons. The van der Waals surface area contributed by atoms with Gasteiger partial charge in [-0.2, -0.15) is 0 Å². The lowest BCUT2D eigenvalue weighted by Gasteiger charge is -2.09. The van der Waals surface area contributed by atoms with Crippen molar-refractivity contribution in [3.8, 4) is 0 Å². The molecule has 0 atom stereocenters. The summed E-state index contributed by atoms with van der Waals surface area (Å²) < 4.78 is 0.848. The van der Waals surface area contributed by atoms with Gasteiger partial charge in [-0.25, -0.2) is 4.98 Å². The molecular weight excluding hydrogens is 346 g/mol. The Hall–Kier alpha value is -1.17. The summed E-state index contributed by atoms with van der Waals surface area (Å²) >= 11 is 14.4. The zero-order chi connectivity index (χ0) is 14.0. The average Bonchev–Trinajstić information content (AvgIpc) is 2.33. The van der Waals surface area contributed by atoms with Crippen LogP contribution < -0.4 is 11.1 Å². The third-order valence-corrected chi connectivity index (χ3v) is 3.90. The molecule has 2 rings (SSSR count). The van der Waals surface area contributed by atoms with Gasteiger partial charge in [0.2, 0.25) is 0 Å². The highest BCUT2D eigenvalue weighted by atomic mass is 79.9. The van der Waals surface area contributed by atoms with E-state index in [-0.39, 0.29) is 0 Å². The van der Waals surface area contributed by atoms with Crippen LogP contribution in [-0.4, -0.2) is 9.97 Å². The minimum absolute atomic E-state index is 0.349. The number of thiocarbonyl (C=S) groups is 1. The van der Waals surface area contributed by atoms with Crippen LogP contribution in [0.1, 0.15) is 11.3 Å². The maximum Gasteiger partial charge on any atom is 0.131 e. The summed E-state index contributed by atoms with van der Waals surface area (Å²) in [6.45, 7) is 1.89. The van der Waals surface area contributed by atoms with Gasteiger partial charge in [-0.1, -0.05) is 23.8 Å². The fourth-order valence-electron chi connectivity index (χ4n) is 1.60. The molecule has 0 amide bonds. The van der Waals surface area contributed by atoms with E-state index in [9.17, 15) is 0 Å². The highest BCUT2D eigenvalue weighted by Crippen LogP contribution is 2.27. The first-order chi connectivity index (χ1) is 8.95. The number of nitrogens with one attached hydrogen (secondary N) is 1. The number of rotatable bonds is 3. The zero-order valence-electron chi connectivity index (χ0n) is 10.1. The molecule has 2 aromatic rings. The van der Waals surface area contributed by atoms with Crippen molar-refractivity contribution in [3.63, 3.8) is 0 Å². The Morgan fingerprint density at radius 2 is 2.11 bits per heavy atom. The van der Waals surface area contributed by atoms with Gasteiger partial charge >= 0.3 is 0 Å². The molecule has 3 N–H and O–H groups in total. The van der Waals surface area contributed by atoms with E-state index >= 15 is 0 Å². The third kappa shape index (κ3) is 3.65. The number of hydrogen-bond donors (Lipinski definition) is 2. The molecule has 0 spiro atoms. The minimum Gasteiger partial charge on any atom is -0.389 e. The third-order valence-electron chi connectivity index (χ3n) is 2.43. The lowest BCUT2D eigenvalue weighted by molar-refractivity contribution is 1.19. The quantitative estimate of drug-likeness (QED) is 0.810. The van der Waals surface area contributed by atoms with Gasteiger partial charge in [-0.15, -0.1) is 0 Å². The highest BCUT2D eigenvalue weighted by molar-refractivity contribution is 9.10. The number of nitrogens with two attached hydrogens (primary N) is 1. The van der Waals surface area contributed by atoms with Crippen LogP contribution in [0.25, 0.3) is 0 Å². The molecule has 1 heterocycles. The van der Waals surface area contributed by atoms with Crippen molar-refractivity contribution >= 4 is 56.2 Å². The van der Waals surface area contributed by atoms with E-state index in [1.165, 1.54) is 0 Å². The summed E-state index contributed by atoms with van der Waals surface area (Å²) in [6, 6.07) is 9.25. The summed E-state index contributed by atoms with van der Waals surface area (Å²) in [5.74, 6) is 0.682. The second kappa shape index (κ2) is 5.86. The largest absolute Gasteiger partial charge is 0.389 e. The summed E-state index contributed by atoms with van der Waals surface area (Å²) in [4.78, 5) is 4.73. The Morgan fingerprint density at radius 3 is 2.74 bits per heavy atom. The topological polar surface area (TPSA) is 50.9 Å². The van der Waals surface area contributed by atoms with E-state index in [4.69, 9.17) is 29.6 Å². The molecule has 6 heteroatoms. The number of aromatic nitrogens is 1. The minimum atomic E-state index is 0.349. The van der Waals surface area contributed by atoms with Crippen molar-refractivity contribution in [2.45, 2.75) is 6.92 Å². The Balaban J connectivity index is 2.32. The molecule has 98 valence electrons. The van der Waals surface area contributed by atoms with Gasteiger partial charge in [0.1, 0.15) is 10.8 Å². The Morgan fingerprint density at radius 1 is 1.37 bits per heavy atom. The average molecular weight is 357 g/mol. The Labute approximate surface area is 130 Å². The monoisotopic (exact) mass is 355 g/mol. The SMILES string of the molecule is Cc1cc(C(N)=S)cc(Nc2ccc(Br)c(Cl)c2)n1. The molecule has 1 aromatic heterocycles. The second-order valence-corrected chi connectivity index (χ2v) is 5.70. The maximum absolute atomic E-state index is 6.04. The van der Waals surface area contributed by atoms with Crippen LogP contribution in [0.3, 0.4) is 0 Å². The van der Waals surface area contributed by atoms with Gasteiger partial charge in [0.25, 0.3) is 0 Å². The normalized spacial score (nSPS) is 10.3. The van der Waals surface area contributed by atoms with Crippen LogP contribution in [0.2, 0.25) is 5.02 Å². The van der Waals surface area contributed by atoms with Crippen molar-refractivity contribution in [2.75, 3.05) is 5.32 Å². The summed E-state index contributed by atoms with van der Waals surface area (Å²) in [5, 5.41) is 3.81. The van der Waals surface area contributed by atoms with Crippen LogP contribution in [0.5, 0.6) is 0 Å². The second-order valence-electron chi connectivity index (χ2n) is 4.00. The first-order valence-corrected chi connectivity index (χ1v) is 7.04. The van der Waals surface area contributed by atoms with Crippen molar-refractivity contribution < 1.29 is 0 Å².